The van der Waals surface area contributed by atoms with E-state index in [9.17, 15) is 0 Å². The lowest BCUT2D eigenvalue weighted by molar-refractivity contribution is 0.318. The van der Waals surface area contributed by atoms with Crippen LogP contribution in [-0.2, 0) is 0 Å². The van der Waals surface area contributed by atoms with Gasteiger partial charge in [-0.1, -0.05) is 6.42 Å². The molecule has 4 nitrogen and oxygen atoms in total. The number of nitriles is 4. The fourth-order valence-electron chi connectivity index (χ4n) is 2.29. The van der Waals surface area contributed by atoms with E-state index in [1.807, 2.05) is 24.3 Å². The normalized spacial score (nSPS) is 24.1. The van der Waals surface area contributed by atoms with Crippen LogP contribution in [0.2, 0.25) is 0 Å². The first-order valence-corrected chi connectivity index (χ1v) is 4.87. The van der Waals surface area contributed by atoms with E-state index < -0.39 is 11.8 Å². The molecule has 0 unspecified atom stereocenters. The van der Waals surface area contributed by atoms with Crippen molar-refractivity contribution in [3.8, 4) is 24.3 Å². The fourth-order valence-corrected chi connectivity index (χ4v) is 2.29. The molecule has 74 valence electrons. The lowest BCUT2D eigenvalue weighted by Crippen LogP contribution is -2.22. The predicted octanol–water partition coefficient (Wildman–Crippen LogP) is 1.73. The molecule has 0 aliphatic heterocycles. The molecule has 4 heteroatoms. The van der Waals surface area contributed by atoms with Crippen LogP contribution in [0, 0.1) is 69.0 Å². The van der Waals surface area contributed by atoms with Crippen molar-refractivity contribution < 1.29 is 0 Å². The molecule has 0 heterocycles. The van der Waals surface area contributed by atoms with Gasteiger partial charge in [0.15, 0.2) is 0 Å². The number of rotatable bonds is 2. The molecule has 1 rings (SSSR count). The third kappa shape index (κ3) is 2.07. The molecule has 0 amide bonds. The molecule has 0 saturated heterocycles. The molecule has 0 aromatic rings. The van der Waals surface area contributed by atoms with Crippen molar-refractivity contribution in [2.45, 2.75) is 19.3 Å². The van der Waals surface area contributed by atoms with Crippen LogP contribution in [0.5, 0.6) is 0 Å². The van der Waals surface area contributed by atoms with Crippen molar-refractivity contribution in [2.75, 3.05) is 0 Å². The van der Waals surface area contributed by atoms with Gasteiger partial charge >= 0.3 is 0 Å². The third-order valence-corrected chi connectivity index (χ3v) is 3.04. The summed E-state index contributed by atoms with van der Waals surface area (Å²) < 4.78 is 0. The highest BCUT2D eigenvalue weighted by molar-refractivity contribution is 5.11. The Kier molecular flexibility index (Phi) is 3.68. The lowest BCUT2D eigenvalue weighted by atomic mass is 9.79. The molecule has 1 aliphatic carbocycles. The first kappa shape index (κ1) is 11.0. The van der Waals surface area contributed by atoms with Crippen LogP contribution >= 0.6 is 0 Å². The van der Waals surface area contributed by atoms with E-state index in [1.165, 1.54) is 0 Å². The van der Waals surface area contributed by atoms with Crippen LogP contribution in [0.25, 0.3) is 0 Å². The number of nitrogens with zero attached hydrogens (tertiary/aromatic N) is 4. The second-order valence-electron chi connectivity index (χ2n) is 3.73. The van der Waals surface area contributed by atoms with Gasteiger partial charge in [0.25, 0.3) is 0 Å². The molecule has 0 bridgehead atoms. The average Bonchev–Trinajstić information content (AvgIpc) is 2.71. The maximum absolute atomic E-state index is 8.79. The minimum atomic E-state index is -0.679. The highest BCUT2D eigenvalue weighted by Gasteiger charge is 2.38. The Hall–Kier alpha value is -2.04. The van der Waals surface area contributed by atoms with Crippen molar-refractivity contribution in [2.24, 2.45) is 23.7 Å². The molecule has 2 atom stereocenters. The van der Waals surface area contributed by atoms with E-state index in [1.54, 1.807) is 0 Å². The Labute approximate surface area is 89.0 Å². The monoisotopic (exact) mass is 198 g/mol. The standard InChI is InChI=1S/C11H10N4/c12-4-8(5-13)10-2-1-3-11(10)9(6-14)7-15/h8-11H,1-3H2/t10-,11+. The Morgan fingerprint density at radius 1 is 0.733 bits per heavy atom. The largest absolute Gasteiger partial charge is 0.197 e. The summed E-state index contributed by atoms with van der Waals surface area (Å²) in [5, 5.41) is 35.2. The molecule has 1 fully saturated rings. The molecule has 1 aliphatic rings. The fraction of sp³-hybridized carbons (Fsp3) is 0.636. The number of hydrogen-bond acceptors (Lipinski definition) is 4. The summed E-state index contributed by atoms with van der Waals surface area (Å²) in [7, 11) is 0. The van der Waals surface area contributed by atoms with Gasteiger partial charge in [0, 0.05) is 0 Å². The van der Waals surface area contributed by atoms with Gasteiger partial charge in [0.05, 0.1) is 24.3 Å². The molecule has 0 N–H and O–H groups in total. The van der Waals surface area contributed by atoms with Crippen LogP contribution in [0.3, 0.4) is 0 Å². The molecule has 1 saturated carbocycles. The Morgan fingerprint density at radius 2 is 1.07 bits per heavy atom. The zero-order chi connectivity index (χ0) is 11.3. The summed E-state index contributed by atoms with van der Waals surface area (Å²) in [4.78, 5) is 0. The van der Waals surface area contributed by atoms with E-state index >= 15 is 0 Å². The van der Waals surface area contributed by atoms with Gasteiger partial charge in [-0.25, -0.2) is 0 Å². The minimum absolute atomic E-state index is 0.107. The summed E-state index contributed by atoms with van der Waals surface area (Å²) in [6.07, 6.45) is 2.45. The van der Waals surface area contributed by atoms with Gasteiger partial charge < -0.3 is 0 Å². The molecule has 0 aromatic carbocycles. The summed E-state index contributed by atoms with van der Waals surface area (Å²) in [5.41, 5.74) is 0. The van der Waals surface area contributed by atoms with E-state index in [0.29, 0.717) is 0 Å². The zero-order valence-corrected chi connectivity index (χ0v) is 8.22. The molecular weight excluding hydrogens is 188 g/mol. The summed E-state index contributed by atoms with van der Waals surface area (Å²) in [6, 6.07) is 7.79. The van der Waals surface area contributed by atoms with Crippen LogP contribution in [-0.4, -0.2) is 0 Å². The molecule has 0 aromatic heterocycles. The van der Waals surface area contributed by atoms with Gasteiger partial charge in [-0.3, -0.25) is 0 Å². The zero-order valence-electron chi connectivity index (χ0n) is 8.22. The topological polar surface area (TPSA) is 95.2 Å². The Bertz CT molecular complexity index is 321. The van der Waals surface area contributed by atoms with Crippen molar-refractivity contribution in [1.29, 1.82) is 21.0 Å². The highest BCUT2D eigenvalue weighted by Crippen LogP contribution is 2.40. The first-order valence-electron chi connectivity index (χ1n) is 4.87. The Morgan fingerprint density at radius 3 is 1.33 bits per heavy atom. The smallest absolute Gasteiger partial charge is 0.136 e. The van der Waals surface area contributed by atoms with E-state index in [4.69, 9.17) is 21.0 Å². The second kappa shape index (κ2) is 4.99. The minimum Gasteiger partial charge on any atom is -0.197 e. The van der Waals surface area contributed by atoms with Gasteiger partial charge in [-0.05, 0) is 24.7 Å². The van der Waals surface area contributed by atoms with Crippen LogP contribution in [0.4, 0.5) is 0 Å². The molecular formula is C11H10N4. The molecule has 0 spiro atoms. The van der Waals surface area contributed by atoms with E-state index in [-0.39, 0.29) is 11.8 Å². The summed E-state index contributed by atoms with van der Waals surface area (Å²) in [6.45, 7) is 0. The van der Waals surface area contributed by atoms with Crippen molar-refractivity contribution in [3.05, 3.63) is 0 Å². The average molecular weight is 198 g/mol. The van der Waals surface area contributed by atoms with Crippen LogP contribution in [0.1, 0.15) is 19.3 Å². The quantitative estimate of drug-likeness (QED) is 0.674. The van der Waals surface area contributed by atoms with Crippen molar-refractivity contribution in [1.82, 2.24) is 0 Å². The van der Waals surface area contributed by atoms with Crippen LogP contribution < -0.4 is 0 Å². The second-order valence-corrected chi connectivity index (χ2v) is 3.73. The van der Waals surface area contributed by atoms with Crippen molar-refractivity contribution in [3.63, 3.8) is 0 Å². The van der Waals surface area contributed by atoms with E-state index in [2.05, 4.69) is 0 Å². The summed E-state index contributed by atoms with van der Waals surface area (Å²) in [5.74, 6) is -1.57. The maximum atomic E-state index is 8.79. The highest BCUT2D eigenvalue weighted by atomic mass is 14.5. The predicted molar refractivity (Wildman–Crippen MR) is 50.3 cm³/mol. The molecule has 0 radical (unpaired) electrons. The third-order valence-electron chi connectivity index (χ3n) is 3.04. The Balaban J connectivity index is 2.85. The van der Waals surface area contributed by atoms with Gasteiger partial charge in [-0.2, -0.15) is 21.0 Å². The number of hydrogen-bond donors (Lipinski definition) is 0. The SMILES string of the molecule is N#CC(C#N)[C@H]1CCC[C@H]1C(C#N)C#N. The first-order chi connectivity index (χ1) is 7.28. The molecule has 15 heavy (non-hydrogen) atoms. The van der Waals surface area contributed by atoms with Gasteiger partial charge in [-0.15, -0.1) is 0 Å². The van der Waals surface area contributed by atoms with Crippen molar-refractivity contribution >= 4 is 0 Å². The van der Waals surface area contributed by atoms with Gasteiger partial charge in [0.1, 0.15) is 11.8 Å². The van der Waals surface area contributed by atoms with E-state index in [0.717, 1.165) is 19.3 Å². The van der Waals surface area contributed by atoms with Crippen LogP contribution in [0.15, 0.2) is 0 Å². The summed E-state index contributed by atoms with van der Waals surface area (Å²) >= 11 is 0. The lowest BCUT2D eigenvalue weighted by Gasteiger charge is -2.19. The van der Waals surface area contributed by atoms with Gasteiger partial charge in [0.2, 0.25) is 0 Å². The maximum Gasteiger partial charge on any atom is 0.136 e.